The molecule has 0 amide bonds. The predicted molar refractivity (Wildman–Crippen MR) is 12.2 cm³/mol. The molecule has 0 N–H and O–H groups in total. The molecule has 0 saturated carbocycles. The van der Waals surface area contributed by atoms with Crippen molar-refractivity contribution < 1.29 is 22.5 Å². The van der Waals surface area contributed by atoms with Crippen molar-refractivity contribution in [2.75, 3.05) is 0 Å². The molecule has 0 aliphatic carbocycles. The molecule has 0 unspecified atom stereocenters. The molecule has 0 aromatic heterocycles. The number of rotatable bonds is 0. The van der Waals surface area contributed by atoms with Gasteiger partial charge in [-0.15, -0.1) is 0 Å². The second kappa shape index (κ2) is 19.2. The molecule has 0 aliphatic heterocycles. The third kappa shape index (κ3) is 8.91. The largest absolute Gasteiger partial charge is 4.00 e. The summed E-state index contributed by atoms with van der Waals surface area (Å²) in [5, 5.41) is 0. The minimum absolute atomic E-state index is 0. The van der Waals surface area contributed by atoms with E-state index in [1.807, 2.05) is 0 Å². The summed E-state index contributed by atoms with van der Waals surface area (Å²) in [5.41, 5.74) is 0. The van der Waals surface area contributed by atoms with Crippen molar-refractivity contribution in [3.63, 3.8) is 0 Å². The van der Waals surface area contributed by atoms with E-state index in [0.29, 0.717) is 0 Å². The van der Waals surface area contributed by atoms with E-state index in [2.05, 4.69) is 0 Å². The third-order valence-electron chi connectivity index (χ3n) is 0. The van der Waals surface area contributed by atoms with Gasteiger partial charge in [0, 0.05) is 0 Å². The maximum absolute atomic E-state index is 0. The van der Waals surface area contributed by atoms with Crippen LogP contribution in [-0.4, -0.2) is 49.8 Å². The Kier molecular flexibility index (Phi) is 169. The summed E-state index contributed by atoms with van der Waals surface area (Å²) in [5.74, 6) is 0. The van der Waals surface area contributed by atoms with Crippen LogP contribution in [0.4, 0.5) is 0 Å². The van der Waals surface area contributed by atoms with Gasteiger partial charge in [-0.1, -0.05) is 0 Å². The number of hydrogen-bond donors (Lipinski definition) is 0. The molecule has 1 nitrogen and oxygen atoms in total. The Morgan fingerprint density at radius 2 is 1.00 bits per heavy atom. The average molecular weight is 305 g/mol. The maximum atomic E-state index is 0. The fraction of sp³-hybridized carbons (Fsp3) is 0. The molecule has 0 spiro atoms. The van der Waals surface area contributed by atoms with Crippen LogP contribution in [0.15, 0.2) is 0 Å². The molecule has 0 saturated heterocycles. The minimum atomic E-state index is 0. The Bertz CT molecular complexity index is 8.00. The van der Waals surface area contributed by atoms with Crippen LogP contribution in [-0.2, 0) is 22.5 Å². The molecular formula is FeInOSn+7. The Morgan fingerprint density at radius 1 is 1.00 bits per heavy atom. The van der Waals surface area contributed by atoms with E-state index in [1.54, 1.807) is 0 Å². The zero-order valence-corrected chi connectivity index (χ0v) is 9.09. The second-order valence-electron chi connectivity index (χ2n) is 0. The molecule has 0 heterocycles. The molecule has 4 heteroatoms. The van der Waals surface area contributed by atoms with Crippen molar-refractivity contribution in [3.8, 4) is 0 Å². The van der Waals surface area contributed by atoms with Crippen molar-refractivity contribution in [1.82, 2.24) is 0 Å². The van der Waals surface area contributed by atoms with Gasteiger partial charge in [-0.2, -0.15) is 0 Å². The van der Waals surface area contributed by atoms with E-state index in [4.69, 9.17) is 0 Å². The molecule has 0 aromatic carbocycles. The van der Waals surface area contributed by atoms with Gasteiger partial charge in [0.25, 0.3) is 0 Å². The van der Waals surface area contributed by atoms with Crippen LogP contribution in [0.25, 0.3) is 0 Å². The van der Waals surface area contributed by atoms with Crippen LogP contribution in [0.5, 0.6) is 0 Å². The van der Waals surface area contributed by atoms with Crippen molar-refractivity contribution in [3.05, 3.63) is 0 Å². The van der Waals surface area contributed by atoms with Crippen molar-refractivity contribution >= 4 is 49.8 Å². The third-order valence-corrected chi connectivity index (χ3v) is 0. The molecule has 0 aromatic rings. The normalized spacial score (nSPS) is 0. The Balaban J connectivity index is 0. The van der Waals surface area contributed by atoms with E-state index in [1.165, 1.54) is 0 Å². The van der Waals surface area contributed by atoms with E-state index in [0.717, 1.165) is 0 Å². The van der Waals surface area contributed by atoms with Gasteiger partial charge in [-0.05, 0) is 0 Å². The van der Waals surface area contributed by atoms with Crippen LogP contribution in [0.3, 0.4) is 0 Å². The number of hydrogen-bond acceptors (Lipinski definition) is 0. The monoisotopic (exact) mass is 307 g/mol. The molecule has 4 heavy (non-hydrogen) atoms. The molecule has 0 rings (SSSR count). The van der Waals surface area contributed by atoms with Crippen molar-refractivity contribution in [1.29, 1.82) is 0 Å². The van der Waals surface area contributed by atoms with E-state index in [-0.39, 0.29) is 72.3 Å². The molecular weight excluding hydrogens is 305 g/mol. The van der Waals surface area contributed by atoms with Gasteiger partial charge in [-0.25, -0.2) is 0 Å². The van der Waals surface area contributed by atoms with Crippen LogP contribution in [0.2, 0.25) is 0 Å². The van der Waals surface area contributed by atoms with E-state index < -0.39 is 0 Å². The van der Waals surface area contributed by atoms with Crippen LogP contribution in [0, 0.1) is 0 Å². The summed E-state index contributed by atoms with van der Waals surface area (Å²) in [6, 6.07) is 0. The van der Waals surface area contributed by atoms with Crippen molar-refractivity contribution in [2.45, 2.75) is 0 Å². The van der Waals surface area contributed by atoms with Gasteiger partial charge >= 0.3 is 66.8 Å². The summed E-state index contributed by atoms with van der Waals surface area (Å²) in [6.07, 6.45) is 0. The average Bonchev–Trinajstić information content (AvgIpc) is 0. The summed E-state index contributed by atoms with van der Waals surface area (Å²) >= 11 is 0. The summed E-state index contributed by atoms with van der Waals surface area (Å²) in [6.45, 7) is 0. The van der Waals surface area contributed by atoms with Gasteiger partial charge in [0.15, 0.2) is 0 Å². The molecule has 0 bridgehead atoms. The molecule has 14 valence electrons. The van der Waals surface area contributed by atoms with Gasteiger partial charge in [-0.3, -0.25) is 0 Å². The van der Waals surface area contributed by atoms with Gasteiger partial charge in [0.2, 0.25) is 0 Å². The standard InChI is InChI=1S/Fe.In.O.Sn/q+2;+3;-2;+4. The fourth-order valence-electron chi connectivity index (χ4n) is 0. The molecule has 0 aliphatic rings. The second-order valence-corrected chi connectivity index (χ2v) is 0. The fourth-order valence-corrected chi connectivity index (χ4v) is 0. The smallest absolute Gasteiger partial charge is 2.00 e. The Hall–Kier alpha value is 2.15. The first-order valence-corrected chi connectivity index (χ1v) is 0. The zero-order valence-electron chi connectivity index (χ0n) is 1.84. The first-order chi connectivity index (χ1) is 0. The first-order valence-electron chi connectivity index (χ1n) is 0. The zero-order chi connectivity index (χ0) is 0. The Labute approximate surface area is 71.4 Å². The predicted octanol–water partition coefficient (Wildman–Crippen LogP) is -0.883. The van der Waals surface area contributed by atoms with E-state index in [9.17, 15) is 0 Å². The Morgan fingerprint density at radius 3 is 1.00 bits per heavy atom. The summed E-state index contributed by atoms with van der Waals surface area (Å²) in [4.78, 5) is 0. The van der Waals surface area contributed by atoms with Crippen molar-refractivity contribution in [2.24, 2.45) is 0 Å². The topological polar surface area (TPSA) is 28.5 Å². The molecule has 0 fully saturated rings. The summed E-state index contributed by atoms with van der Waals surface area (Å²) < 4.78 is 0. The maximum Gasteiger partial charge on any atom is 4.00 e. The SMILES string of the molecule is [Fe+2].[In+3].[O-2].[Sn+4]. The van der Waals surface area contributed by atoms with Gasteiger partial charge < -0.3 is 5.48 Å². The first kappa shape index (κ1) is 35.3. The quantitative estimate of drug-likeness (QED) is 0.520. The van der Waals surface area contributed by atoms with Crippen LogP contribution < -0.4 is 0 Å². The van der Waals surface area contributed by atoms with Gasteiger partial charge in [0.1, 0.15) is 0 Å². The molecule has 0 radical (unpaired) electrons. The minimum Gasteiger partial charge on any atom is -2.00 e. The molecule has 0 atom stereocenters. The van der Waals surface area contributed by atoms with E-state index >= 15 is 0 Å². The van der Waals surface area contributed by atoms with Crippen LogP contribution in [0.1, 0.15) is 0 Å². The van der Waals surface area contributed by atoms with Gasteiger partial charge in [0.05, 0.1) is 0 Å². The van der Waals surface area contributed by atoms with Crippen LogP contribution >= 0.6 is 0 Å². The summed E-state index contributed by atoms with van der Waals surface area (Å²) in [7, 11) is 0.